The summed E-state index contributed by atoms with van der Waals surface area (Å²) in [5, 5.41) is 8.47. The second-order valence-corrected chi connectivity index (χ2v) is 2.27. The van der Waals surface area contributed by atoms with E-state index >= 15 is 0 Å². The maximum Gasteiger partial charge on any atom is 0.145 e. The predicted molar refractivity (Wildman–Crippen MR) is 42.1 cm³/mol. The zero-order valence-corrected chi connectivity index (χ0v) is 6.34. The van der Waals surface area contributed by atoms with Crippen molar-refractivity contribution in [2.24, 2.45) is 5.84 Å². The van der Waals surface area contributed by atoms with E-state index in [4.69, 9.17) is 11.1 Å². The second kappa shape index (κ2) is 3.81. The number of nitrogens with one attached hydrogen (secondary N) is 1. The SMILES string of the molecule is N#Cc1cccc(CNN)c1F. The molecule has 12 heavy (non-hydrogen) atoms. The van der Waals surface area contributed by atoms with Gasteiger partial charge in [0.2, 0.25) is 0 Å². The zero-order valence-electron chi connectivity index (χ0n) is 6.34. The van der Waals surface area contributed by atoms with Gasteiger partial charge < -0.3 is 0 Å². The first-order chi connectivity index (χ1) is 5.79. The van der Waals surface area contributed by atoms with Gasteiger partial charge in [0, 0.05) is 12.1 Å². The van der Waals surface area contributed by atoms with Crippen LogP contribution in [0.2, 0.25) is 0 Å². The van der Waals surface area contributed by atoms with E-state index in [1.165, 1.54) is 6.07 Å². The van der Waals surface area contributed by atoms with E-state index in [2.05, 4.69) is 5.43 Å². The number of hydrazine groups is 1. The highest BCUT2D eigenvalue weighted by atomic mass is 19.1. The zero-order chi connectivity index (χ0) is 8.97. The Kier molecular flexibility index (Phi) is 2.75. The lowest BCUT2D eigenvalue weighted by atomic mass is 10.1. The van der Waals surface area contributed by atoms with Crippen molar-refractivity contribution >= 4 is 0 Å². The van der Waals surface area contributed by atoms with Gasteiger partial charge in [0.05, 0.1) is 5.56 Å². The summed E-state index contributed by atoms with van der Waals surface area (Å²) in [5.41, 5.74) is 2.77. The third-order valence-electron chi connectivity index (χ3n) is 1.49. The van der Waals surface area contributed by atoms with E-state index in [1.807, 2.05) is 0 Å². The Morgan fingerprint density at radius 1 is 1.58 bits per heavy atom. The van der Waals surface area contributed by atoms with Crippen LogP contribution in [0.1, 0.15) is 11.1 Å². The molecule has 0 aliphatic carbocycles. The third-order valence-corrected chi connectivity index (χ3v) is 1.49. The maximum absolute atomic E-state index is 13.1. The molecule has 4 heteroatoms. The first-order valence-corrected chi connectivity index (χ1v) is 3.40. The average Bonchev–Trinajstić information content (AvgIpc) is 2.09. The Morgan fingerprint density at radius 2 is 2.33 bits per heavy atom. The number of halogens is 1. The van der Waals surface area contributed by atoms with Crippen molar-refractivity contribution in [3.63, 3.8) is 0 Å². The van der Waals surface area contributed by atoms with Crippen LogP contribution in [-0.2, 0) is 6.54 Å². The van der Waals surface area contributed by atoms with Crippen LogP contribution >= 0.6 is 0 Å². The van der Waals surface area contributed by atoms with Crippen LogP contribution < -0.4 is 11.3 Å². The Balaban J connectivity index is 3.07. The molecule has 0 aromatic heterocycles. The number of nitrogens with two attached hydrogens (primary N) is 1. The molecule has 0 spiro atoms. The van der Waals surface area contributed by atoms with Gasteiger partial charge in [-0.05, 0) is 6.07 Å². The summed E-state index contributed by atoms with van der Waals surface area (Å²) in [4.78, 5) is 0. The van der Waals surface area contributed by atoms with E-state index in [0.717, 1.165) is 0 Å². The quantitative estimate of drug-likeness (QED) is 0.500. The summed E-state index contributed by atoms with van der Waals surface area (Å²) in [6.45, 7) is 0.224. The summed E-state index contributed by atoms with van der Waals surface area (Å²) in [7, 11) is 0. The van der Waals surface area contributed by atoms with E-state index in [9.17, 15) is 4.39 Å². The van der Waals surface area contributed by atoms with Crippen molar-refractivity contribution in [1.82, 2.24) is 5.43 Å². The summed E-state index contributed by atoms with van der Waals surface area (Å²) < 4.78 is 13.1. The molecule has 0 saturated heterocycles. The lowest BCUT2D eigenvalue weighted by molar-refractivity contribution is 0.591. The van der Waals surface area contributed by atoms with E-state index < -0.39 is 5.82 Å². The lowest BCUT2D eigenvalue weighted by Crippen LogP contribution is -2.21. The molecule has 3 N–H and O–H groups in total. The fraction of sp³-hybridized carbons (Fsp3) is 0.125. The number of nitriles is 1. The van der Waals surface area contributed by atoms with Crippen molar-refractivity contribution in [2.75, 3.05) is 0 Å². The number of hydrogen-bond donors (Lipinski definition) is 2. The van der Waals surface area contributed by atoms with E-state index in [-0.39, 0.29) is 12.1 Å². The minimum atomic E-state index is -0.502. The van der Waals surface area contributed by atoms with Gasteiger partial charge in [-0.25, -0.2) is 4.39 Å². The van der Waals surface area contributed by atoms with E-state index in [0.29, 0.717) is 5.56 Å². The van der Waals surface area contributed by atoms with Crippen molar-refractivity contribution in [2.45, 2.75) is 6.54 Å². The second-order valence-electron chi connectivity index (χ2n) is 2.27. The highest BCUT2D eigenvalue weighted by Crippen LogP contribution is 2.11. The monoisotopic (exact) mass is 165 g/mol. The predicted octanol–water partition coefficient (Wildman–Crippen LogP) is 0.661. The van der Waals surface area contributed by atoms with Crippen molar-refractivity contribution in [3.8, 4) is 6.07 Å². The summed E-state index contributed by atoms with van der Waals surface area (Å²) in [6.07, 6.45) is 0. The molecule has 0 atom stereocenters. The first-order valence-electron chi connectivity index (χ1n) is 3.40. The van der Waals surface area contributed by atoms with E-state index in [1.54, 1.807) is 18.2 Å². The summed E-state index contributed by atoms with van der Waals surface area (Å²) in [6, 6.07) is 6.38. The Morgan fingerprint density at radius 3 is 2.92 bits per heavy atom. The lowest BCUT2D eigenvalue weighted by Gasteiger charge is -2.01. The molecule has 62 valence electrons. The molecule has 0 bridgehead atoms. The summed E-state index contributed by atoms with van der Waals surface area (Å²) in [5.74, 6) is 4.52. The Labute approximate surface area is 69.6 Å². The van der Waals surface area contributed by atoms with Crippen LogP contribution in [0.25, 0.3) is 0 Å². The number of rotatable bonds is 2. The largest absolute Gasteiger partial charge is 0.271 e. The standard InChI is InChI=1S/C8H8FN3/c9-8-6(4-10)2-1-3-7(8)5-12-11/h1-3,12H,5,11H2. The molecule has 0 saturated carbocycles. The van der Waals surface area contributed by atoms with Gasteiger partial charge in [-0.1, -0.05) is 12.1 Å². The third kappa shape index (κ3) is 1.59. The molecule has 0 amide bonds. The molecule has 0 fully saturated rings. The fourth-order valence-electron chi connectivity index (χ4n) is 0.913. The molecule has 0 heterocycles. The molecule has 0 radical (unpaired) electrons. The molecular formula is C8H8FN3. The van der Waals surface area contributed by atoms with Gasteiger partial charge in [0.25, 0.3) is 0 Å². The van der Waals surface area contributed by atoms with Crippen molar-refractivity contribution < 1.29 is 4.39 Å². The molecule has 1 aromatic rings. The Bertz CT molecular complexity index is 317. The highest BCUT2D eigenvalue weighted by Gasteiger charge is 2.05. The normalized spacial score (nSPS) is 9.42. The highest BCUT2D eigenvalue weighted by molar-refractivity contribution is 5.34. The van der Waals surface area contributed by atoms with Crippen LogP contribution in [0.15, 0.2) is 18.2 Å². The minimum absolute atomic E-state index is 0.0442. The van der Waals surface area contributed by atoms with Crippen molar-refractivity contribution in [1.29, 1.82) is 5.26 Å². The molecule has 3 nitrogen and oxygen atoms in total. The number of hydrogen-bond acceptors (Lipinski definition) is 3. The number of benzene rings is 1. The molecule has 0 aliphatic heterocycles. The van der Waals surface area contributed by atoms with Crippen LogP contribution in [-0.4, -0.2) is 0 Å². The van der Waals surface area contributed by atoms with Gasteiger partial charge in [-0.15, -0.1) is 0 Å². The average molecular weight is 165 g/mol. The minimum Gasteiger partial charge on any atom is -0.271 e. The molecular weight excluding hydrogens is 157 g/mol. The van der Waals surface area contributed by atoms with Crippen LogP contribution in [0.4, 0.5) is 4.39 Å². The molecule has 1 aromatic carbocycles. The van der Waals surface area contributed by atoms with Crippen LogP contribution in [0.5, 0.6) is 0 Å². The van der Waals surface area contributed by atoms with Crippen LogP contribution in [0, 0.1) is 17.1 Å². The van der Waals surface area contributed by atoms with Crippen molar-refractivity contribution in [3.05, 3.63) is 35.1 Å². The maximum atomic E-state index is 13.1. The van der Waals surface area contributed by atoms with Gasteiger partial charge in [-0.2, -0.15) is 5.26 Å². The Hall–Kier alpha value is -1.44. The first kappa shape index (κ1) is 8.65. The van der Waals surface area contributed by atoms with Crippen LogP contribution in [0.3, 0.4) is 0 Å². The fourth-order valence-corrected chi connectivity index (χ4v) is 0.913. The molecule has 0 unspecified atom stereocenters. The molecule has 0 aliphatic rings. The van der Waals surface area contributed by atoms with Gasteiger partial charge in [0.1, 0.15) is 11.9 Å². The summed E-state index contributed by atoms with van der Waals surface area (Å²) >= 11 is 0. The smallest absolute Gasteiger partial charge is 0.145 e. The van der Waals surface area contributed by atoms with Gasteiger partial charge in [0.15, 0.2) is 0 Å². The topological polar surface area (TPSA) is 61.8 Å². The number of nitrogens with zero attached hydrogens (tertiary/aromatic N) is 1. The van der Waals surface area contributed by atoms with Gasteiger partial charge >= 0.3 is 0 Å². The van der Waals surface area contributed by atoms with Gasteiger partial charge in [-0.3, -0.25) is 11.3 Å². The molecule has 1 rings (SSSR count).